The van der Waals surface area contributed by atoms with Gasteiger partial charge in [0.25, 0.3) is 0 Å². The number of nitrogens with zero attached hydrogens (tertiary/aromatic N) is 13. The fourth-order valence-electron chi connectivity index (χ4n) is 18.3. The summed E-state index contributed by atoms with van der Waals surface area (Å²) in [4.78, 5) is 50.3. The van der Waals surface area contributed by atoms with Gasteiger partial charge in [0.1, 0.15) is 11.5 Å². The first-order valence-corrected chi connectivity index (χ1v) is 49.4. The minimum absolute atomic E-state index is 0.0319. The Morgan fingerprint density at radius 2 is 0.740 bits per heavy atom. The molecule has 0 spiro atoms. The number of aryl methyl sites for hydroxylation is 1. The van der Waals surface area contributed by atoms with Crippen LogP contribution < -0.4 is 65.1 Å². The molecule has 16 aromatic rings. The third kappa shape index (κ3) is 32.2. The first-order valence-electron chi connectivity index (χ1n) is 49.4. The van der Waals surface area contributed by atoms with Crippen molar-refractivity contribution in [1.29, 1.82) is 5.26 Å². The lowest BCUT2D eigenvalue weighted by molar-refractivity contribution is -0.119. The molecule has 4 aromatic heterocycles. The van der Waals surface area contributed by atoms with Gasteiger partial charge in [-0.1, -0.05) is 238 Å². The number of primary amides is 2. The number of phenols is 2. The largest absolute Gasteiger partial charge is 0.508 e. The number of rotatable bonds is 34. The molecule has 4 unspecified atom stereocenters. The number of hydrogen-bond acceptors (Lipinski definition) is 21. The number of carbonyl (C=O) groups excluding carboxylic acids is 2. The molecule has 752 valence electrons. The van der Waals surface area contributed by atoms with Crippen LogP contribution in [0.5, 0.6) is 11.5 Å². The Bertz CT molecular complexity index is 6870. The molecule has 0 bridgehead atoms. The molecule has 2 fully saturated rings. The summed E-state index contributed by atoms with van der Waals surface area (Å²) in [6.07, 6.45) is 15.5. The molecular weight excluding hydrogens is 1820 g/mol. The number of carbonyl (C=O) groups is 2. The molecule has 2 saturated heterocycles. The average molecular weight is 1960 g/mol. The zero-order chi connectivity index (χ0) is 103. The van der Waals surface area contributed by atoms with Crippen molar-refractivity contribution in [3.63, 3.8) is 0 Å². The summed E-state index contributed by atoms with van der Waals surface area (Å²) in [7, 11) is 0. The third-order valence-electron chi connectivity index (χ3n) is 25.2. The Balaban J connectivity index is 0.000000147. The molecule has 18 rings (SSSR count). The van der Waals surface area contributed by atoms with Gasteiger partial charge in [-0.2, -0.15) is 5.26 Å². The van der Waals surface area contributed by atoms with Crippen molar-refractivity contribution < 1.29 is 30.0 Å². The lowest BCUT2D eigenvalue weighted by Crippen LogP contribution is -2.53. The van der Waals surface area contributed by atoms with E-state index in [9.17, 15) is 30.0 Å². The molecule has 12 aromatic carbocycles. The highest BCUT2D eigenvalue weighted by Gasteiger charge is 2.31. The van der Waals surface area contributed by atoms with E-state index >= 15 is 0 Å². The van der Waals surface area contributed by atoms with Crippen LogP contribution in [0.4, 0.5) is 45.5 Å². The van der Waals surface area contributed by atoms with E-state index in [1.165, 1.54) is 39.7 Å². The molecule has 27 nitrogen and oxygen atoms in total. The van der Waals surface area contributed by atoms with Crippen LogP contribution in [0.1, 0.15) is 120 Å². The summed E-state index contributed by atoms with van der Waals surface area (Å²) in [5.74, 6) is -0.463. The number of phenolic OH excluding ortho intramolecular Hbond substituents is 2. The zero-order valence-electron chi connectivity index (χ0n) is 83.4. The number of nitrogens with one attached hydrogen (secondary N) is 1. The quantitative estimate of drug-likeness (QED) is 0.0101. The van der Waals surface area contributed by atoms with Gasteiger partial charge in [0.15, 0.2) is 6.19 Å². The van der Waals surface area contributed by atoms with Crippen molar-refractivity contribution in [1.82, 2.24) is 38.2 Å². The van der Waals surface area contributed by atoms with Gasteiger partial charge in [0.2, 0.25) is 11.8 Å². The number of piperazine rings is 2. The summed E-state index contributed by atoms with van der Waals surface area (Å²) >= 11 is 0. The molecule has 146 heavy (non-hydrogen) atoms. The monoisotopic (exact) mass is 1950 g/mol. The molecule has 2 amide bonds. The fraction of sp³-hybridized carbons (Fsp3) is 0.235. The summed E-state index contributed by atoms with van der Waals surface area (Å²) < 4.78 is 8.35. The highest BCUT2D eigenvalue weighted by atomic mass is 16.3. The van der Waals surface area contributed by atoms with Gasteiger partial charge in [-0.25, -0.2) is 19.9 Å². The molecule has 2 aliphatic rings. The lowest BCUT2D eigenvalue weighted by atomic mass is 10.0. The van der Waals surface area contributed by atoms with Crippen LogP contribution in [0.25, 0.3) is 22.5 Å². The summed E-state index contributed by atoms with van der Waals surface area (Å²) in [5.41, 5.74) is 67.3. The summed E-state index contributed by atoms with van der Waals surface area (Å²) in [5, 5.41) is 50.7. The molecule has 0 aliphatic carbocycles. The number of anilines is 8. The predicted octanol–water partition coefficient (Wildman–Crippen LogP) is 18.0. The van der Waals surface area contributed by atoms with Crippen LogP contribution in [-0.4, -0.2) is 134 Å². The summed E-state index contributed by atoms with van der Waals surface area (Å²) in [6.45, 7) is 21.4. The van der Waals surface area contributed by atoms with E-state index in [2.05, 4.69) is 188 Å². The molecule has 27 heteroatoms. The number of allylic oxidation sites excluding steroid dienone is 2. The number of hydrogen-bond donors (Lipinski definition) is 12. The Morgan fingerprint density at radius 1 is 0.397 bits per heavy atom. The van der Waals surface area contributed by atoms with Gasteiger partial charge >= 0.3 is 0 Å². The fourth-order valence-corrected chi connectivity index (χ4v) is 18.3. The number of para-hydroxylation sites is 2. The Morgan fingerprint density at radius 3 is 1.13 bits per heavy atom. The third-order valence-corrected chi connectivity index (χ3v) is 25.2. The smallest absolute Gasteiger partial charge is 0.217 e. The maximum Gasteiger partial charge on any atom is 0.217 e. The van der Waals surface area contributed by atoms with E-state index in [4.69, 9.17) is 45.4 Å². The molecule has 2 aliphatic heterocycles. The van der Waals surface area contributed by atoms with Gasteiger partial charge in [0, 0.05) is 226 Å². The van der Waals surface area contributed by atoms with Gasteiger partial charge in [0.05, 0.1) is 60.3 Å². The Hall–Kier alpha value is -17.1. The number of nitrogens with two attached hydrogens (primary N) is 7. The average Bonchev–Trinajstić information content (AvgIpc) is 1.34. The van der Waals surface area contributed by atoms with Gasteiger partial charge in [-0.3, -0.25) is 14.9 Å². The summed E-state index contributed by atoms with van der Waals surface area (Å²) in [6, 6.07) is 106. The number of aromatic nitrogens is 8. The van der Waals surface area contributed by atoms with E-state index in [1.807, 2.05) is 231 Å². The van der Waals surface area contributed by atoms with Gasteiger partial charge < -0.3 is 98.4 Å². The van der Waals surface area contributed by atoms with Crippen LogP contribution in [0.15, 0.2) is 371 Å². The maximum absolute atomic E-state index is 11.3. The highest BCUT2D eigenvalue weighted by Crippen LogP contribution is 2.34. The van der Waals surface area contributed by atoms with Crippen molar-refractivity contribution in [3.8, 4) is 40.2 Å². The predicted molar refractivity (Wildman–Crippen MR) is 590 cm³/mol. The van der Waals surface area contributed by atoms with Crippen molar-refractivity contribution in [2.45, 2.75) is 142 Å². The van der Waals surface area contributed by atoms with Crippen molar-refractivity contribution in [2.75, 3.05) is 81.4 Å². The number of amides is 2. The minimum atomic E-state index is -0.422. The molecule has 4 atom stereocenters. The Kier molecular flexibility index (Phi) is 39.1. The zero-order valence-corrected chi connectivity index (χ0v) is 83.4. The topological polar surface area (TPSA) is 417 Å². The van der Waals surface area contributed by atoms with Crippen molar-refractivity contribution in [2.24, 2.45) is 22.9 Å². The number of benzene rings is 12. The van der Waals surface area contributed by atoms with E-state index in [0.717, 1.165) is 179 Å². The number of aliphatic hydroxyl groups is 2. The lowest BCUT2D eigenvalue weighted by Gasteiger charge is -2.44. The SMILES string of the molecule is C=C(N)Cc1c(Cc2ccccc2)ncn1Cc1cc(O)cc(O)c1.C=C(N)Cc1c(Cc2ccccc2)ncn1Cc1cccc(N)c1.CC(O)Cc1c(-c2ccccc2)ncn1Cc1cccc(N)c1.CCc1cccc(Cn2cnc(-c3ccccc3)c2CC(C)O)c1.N#CNc1cccc(N2CCN(c3ccccc3)CC2CCC(N)=O)c1.NC(=O)CCC1CN(c2ccccc2)CCN1c1cccc(N)c1. The van der Waals surface area contributed by atoms with E-state index < -0.39 is 12.2 Å². The first-order chi connectivity index (χ1) is 70.7. The van der Waals surface area contributed by atoms with Gasteiger partial charge in [-0.05, 0) is 169 Å². The highest BCUT2D eigenvalue weighted by molar-refractivity contribution is 5.75. The number of imidazole rings is 4. The van der Waals surface area contributed by atoms with E-state index in [1.54, 1.807) is 25.4 Å². The molecule has 0 radical (unpaired) electrons. The molecule has 6 heterocycles. The first kappa shape index (κ1) is 106. The second kappa shape index (κ2) is 53.7. The minimum Gasteiger partial charge on any atom is -0.508 e. The number of aliphatic hydroxyl groups excluding tert-OH is 2. The molecular formula is C119H135N21O6. The van der Waals surface area contributed by atoms with Crippen LogP contribution in [0.2, 0.25) is 0 Å². The standard InChI is InChI=1S/C21H24N2O.C20H23N5O.C20H22N4.C20H21N3O2.C19H24N4O.C19H21N3O/c1-3-17-8-7-9-18(13-17)14-23-15-22-21(20(23)12-16(2)24)19-10-5-4-6-11-19;21-15-23-16-5-4-8-18(13-16)25-12-11-24(17-6-2-1-3-7-17)14-19(25)9-10-20(22)26;1-15(21)10-20-19(12-16-6-3-2-4-7-16)23-14-24(20)13-17-8-5-9-18(22)11-17;1-14(21)7-20-19(10-15-5-3-2-4-6-15)22-13-23(20)12-16-8-17(24)11-18(25)9-16;20-15-5-4-8-17(13-15)23-12-11-22(16-6-2-1-3-7-16)14-18(23)9-10-19(21)24;1-14(23)10-18-19(16-7-3-2-4-8-16)21-13-22(18)12-15-6-5-9-17(20)11-15/h4-11,13,15-16,24H,3,12,14H2,1-2H3;1-8,13,19,23H,9-12,14H2,(H2,22,26);2-9,11,14H,1,10,12-13,21-22H2;2-6,8-9,11,13,24-25H,1,7,10,12,21H2;1-8,13,18H,9-12,14,20H2,(H2,21,24);2-9,11,13-14,23H,10,12,20H2,1H3. The van der Waals surface area contributed by atoms with Crippen molar-refractivity contribution >= 4 is 57.3 Å². The normalized spacial score (nSPS) is 13.5. The van der Waals surface area contributed by atoms with E-state index in [0.29, 0.717) is 75.9 Å². The maximum atomic E-state index is 11.3. The van der Waals surface area contributed by atoms with Crippen molar-refractivity contribution in [3.05, 3.63) is 444 Å². The second-order valence-corrected chi connectivity index (χ2v) is 36.9. The number of nitrogen functional groups attached to an aromatic ring is 3. The number of nitriles is 1. The van der Waals surface area contributed by atoms with Crippen LogP contribution >= 0.6 is 0 Å². The van der Waals surface area contributed by atoms with E-state index in [-0.39, 0.29) is 35.4 Å². The van der Waals surface area contributed by atoms with Gasteiger partial charge in [-0.15, -0.1) is 0 Å². The van der Waals surface area contributed by atoms with Crippen LogP contribution in [-0.2, 0) is 80.7 Å². The van der Waals surface area contributed by atoms with Crippen LogP contribution in [0, 0.1) is 11.5 Å². The second-order valence-electron chi connectivity index (χ2n) is 36.9. The molecule has 0 saturated carbocycles. The van der Waals surface area contributed by atoms with Crippen LogP contribution in [0.3, 0.4) is 0 Å². The number of aromatic hydroxyl groups is 2. The Labute approximate surface area is 856 Å². The molecule has 19 N–H and O–H groups in total.